The van der Waals surface area contributed by atoms with Gasteiger partial charge in [0.2, 0.25) is 5.91 Å². The van der Waals surface area contributed by atoms with Crippen LogP contribution in [-0.4, -0.2) is 62.1 Å². The van der Waals surface area contributed by atoms with Gasteiger partial charge in [-0.05, 0) is 6.92 Å². The van der Waals surface area contributed by atoms with E-state index in [-0.39, 0.29) is 54.0 Å². The minimum absolute atomic E-state index is 0. The first-order chi connectivity index (χ1) is 10.6. The van der Waals surface area contributed by atoms with Gasteiger partial charge in [-0.25, -0.2) is 8.42 Å². The number of hydrogen-bond acceptors (Lipinski definition) is 8. The largest absolute Gasteiger partial charge is 1.00 e. The molecule has 0 bridgehead atoms. The summed E-state index contributed by atoms with van der Waals surface area (Å²) in [7, 11) is -3.95. The van der Waals surface area contributed by atoms with Crippen molar-refractivity contribution in [1.82, 2.24) is 19.9 Å². The van der Waals surface area contributed by atoms with Gasteiger partial charge in [0.05, 0.1) is 31.2 Å². The van der Waals surface area contributed by atoms with Crippen LogP contribution < -0.4 is 34.7 Å². The average Bonchev–Trinajstić information content (AvgIpc) is 2.93. The Balaban J connectivity index is 0.00000208. The first-order valence-electron chi connectivity index (χ1n) is 6.76. The van der Waals surface area contributed by atoms with Crippen LogP contribution in [0.2, 0.25) is 0 Å². The summed E-state index contributed by atoms with van der Waals surface area (Å²) in [6.07, 6.45) is 1.00. The molecule has 0 unspecified atom stereocenters. The van der Waals surface area contributed by atoms with Crippen molar-refractivity contribution in [2.45, 2.75) is 43.0 Å². The van der Waals surface area contributed by atoms with E-state index in [0.29, 0.717) is 0 Å². The van der Waals surface area contributed by atoms with E-state index < -0.39 is 37.9 Å². The molecule has 0 radical (unpaired) electrons. The molecule has 124 valence electrons. The second-order valence-corrected chi connectivity index (χ2v) is 8.46. The summed E-state index contributed by atoms with van der Waals surface area (Å²) in [6.45, 7) is 2.16. The van der Waals surface area contributed by atoms with Crippen LogP contribution >= 0.6 is 0 Å². The van der Waals surface area contributed by atoms with Crippen molar-refractivity contribution in [2.75, 3.05) is 0 Å². The van der Waals surface area contributed by atoms with Crippen LogP contribution in [0.15, 0.2) is 6.20 Å². The van der Waals surface area contributed by atoms with Gasteiger partial charge in [0.1, 0.15) is 15.8 Å². The zero-order valence-corrected chi connectivity index (χ0v) is 16.1. The molecule has 0 N–H and O–H groups in total. The van der Waals surface area contributed by atoms with E-state index in [2.05, 4.69) is 10.3 Å². The summed E-state index contributed by atoms with van der Waals surface area (Å²) < 4.78 is 24.6. The first-order valence-corrected chi connectivity index (χ1v) is 8.31. The molecular formula is C12H13N4NaO6S. The summed E-state index contributed by atoms with van der Waals surface area (Å²) in [4.78, 5) is 35.2. The number of carbonyl (C=O) groups excluding carboxylic acids is 3. The van der Waals surface area contributed by atoms with Crippen LogP contribution in [0.5, 0.6) is 0 Å². The molecule has 3 rings (SSSR count). The third kappa shape index (κ3) is 2.41. The molecule has 0 saturated carbocycles. The topological polar surface area (TPSA) is 142 Å². The Morgan fingerprint density at radius 1 is 1.46 bits per heavy atom. The average molecular weight is 364 g/mol. The molecule has 3 atom stereocenters. The molecule has 0 aromatic carbocycles. The molecule has 2 fully saturated rings. The predicted octanol–water partition coefficient (Wildman–Crippen LogP) is -5.65. The number of carboxylic acid groups (broad SMARTS) is 1. The summed E-state index contributed by atoms with van der Waals surface area (Å²) in [5.41, 5.74) is 0.0355. The van der Waals surface area contributed by atoms with Gasteiger partial charge in [-0.3, -0.25) is 14.3 Å². The van der Waals surface area contributed by atoms with E-state index >= 15 is 0 Å². The molecule has 3 heterocycles. The minimum atomic E-state index is -3.95. The normalized spacial score (nSPS) is 30.2. The molecule has 0 aliphatic carbocycles. The van der Waals surface area contributed by atoms with Gasteiger partial charge in [0, 0.05) is 6.92 Å². The van der Waals surface area contributed by atoms with E-state index in [4.69, 9.17) is 0 Å². The standard InChI is InChI=1S/C12H14N4O6S.Na/c1-6(17)7-4-15(14-13-7)5-12(2)10(11(19)20)16-8(18)3-9(16)23(12,21)22;/h4,9-10H,3,5H2,1-2H3,(H,19,20);/q;+1/p-1/t9-,10-,12-;/m0./s1. The Morgan fingerprint density at radius 3 is 2.54 bits per heavy atom. The number of carboxylic acids is 1. The molecule has 2 aliphatic rings. The second kappa shape index (κ2) is 5.90. The number of β-lactam (4-membered cyclic amide) rings is 1. The SMILES string of the molecule is CC(=O)c1cn(C[C@@]2(C)[C@H](C(=O)[O-])N3C(=O)C[C@@H]3S2(=O)=O)nn1.[Na+]. The Kier molecular flexibility index (Phi) is 4.68. The van der Waals surface area contributed by atoms with Crippen LogP contribution in [0.4, 0.5) is 0 Å². The molecule has 24 heavy (non-hydrogen) atoms. The maximum absolute atomic E-state index is 12.7. The van der Waals surface area contributed by atoms with E-state index in [9.17, 15) is 27.9 Å². The Hall–Kier alpha value is -1.30. The molecule has 10 nitrogen and oxygen atoms in total. The monoisotopic (exact) mass is 364 g/mol. The Morgan fingerprint density at radius 2 is 2.08 bits per heavy atom. The van der Waals surface area contributed by atoms with Gasteiger partial charge in [-0.1, -0.05) is 5.21 Å². The fraction of sp³-hybridized carbons (Fsp3) is 0.583. The smallest absolute Gasteiger partial charge is 0.548 e. The number of ketones is 1. The second-order valence-electron chi connectivity index (χ2n) is 5.90. The van der Waals surface area contributed by atoms with Gasteiger partial charge in [-0.2, -0.15) is 0 Å². The van der Waals surface area contributed by atoms with Gasteiger partial charge < -0.3 is 14.8 Å². The number of carbonyl (C=O) groups is 3. The van der Waals surface area contributed by atoms with Crippen LogP contribution in [-0.2, 0) is 26.0 Å². The zero-order chi connectivity index (χ0) is 17.2. The zero-order valence-electron chi connectivity index (χ0n) is 13.3. The van der Waals surface area contributed by atoms with Crippen molar-refractivity contribution in [3.8, 4) is 0 Å². The van der Waals surface area contributed by atoms with Crippen LogP contribution in [0.1, 0.15) is 30.8 Å². The van der Waals surface area contributed by atoms with E-state index in [1.807, 2.05) is 0 Å². The first kappa shape index (κ1) is 19.0. The maximum Gasteiger partial charge on any atom is 1.00 e. The number of sulfone groups is 1. The van der Waals surface area contributed by atoms with E-state index in [0.717, 1.165) is 9.58 Å². The molecule has 1 aromatic rings. The van der Waals surface area contributed by atoms with Crippen molar-refractivity contribution < 1.29 is 57.5 Å². The van der Waals surface area contributed by atoms with Crippen LogP contribution in [0, 0.1) is 0 Å². The quantitative estimate of drug-likeness (QED) is 0.292. The summed E-state index contributed by atoms with van der Waals surface area (Å²) in [5.74, 6) is -2.54. The van der Waals surface area contributed by atoms with E-state index in [1.165, 1.54) is 20.0 Å². The fourth-order valence-electron chi connectivity index (χ4n) is 3.13. The van der Waals surface area contributed by atoms with Crippen molar-refractivity contribution in [3.63, 3.8) is 0 Å². The van der Waals surface area contributed by atoms with Crippen molar-refractivity contribution >= 4 is 27.5 Å². The van der Waals surface area contributed by atoms with Crippen LogP contribution in [0.25, 0.3) is 0 Å². The summed E-state index contributed by atoms with van der Waals surface area (Å²) in [6, 6.07) is -1.61. The van der Waals surface area contributed by atoms with E-state index in [1.54, 1.807) is 0 Å². The van der Waals surface area contributed by atoms with Gasteiger partial charge in [-0.15, -0.1) is 5.10 Å². The number of amides is 1. The number of rotatable bonds is 4. The number of Topliss-reactive ketones (excluding diaryl/α,β-unsaturated/α-hetero) is 1. The fourth-order valence-corrected chi connectivity index (χ4v) is 5.48. The molecule has 1 amide bonds. The van der Waals surface area contributed by atoms with Gasteiger partial charge in [0.15, 0.2) is 15.6 Å². The third-order valence-electron chi connectivity index (χ3n) is 4.41. The number of hydrogen-bond donors (Lipinski definition) is 0. The maximum atomic E-state index is 12.7. The predicted molar refractivity (Wildman–Crippen MR) is 71.4 cm³/mol. The number of aromatic nitrogens is 3. The number of nitrogens with zero attached hydrogens (tertiary/aromatic N) is 4. The van der Waals surface area contributed by atoms with Crippen molar-refractivity contribution in [1.29, 1.82) is 0 Å². The van der Waals surface area contributed by atoms with Crippen LogP contribution in [0.3, 0.4) is 0 Å². The summed E-state index contributed by atoms with van der Waals surface area (Å²) in [5, 5.41) is 17.6. The van der Waals surface area contributed by atoms with Gasteiger partial charge in [0.25, 0.3) is 0 Å². The molecule has 1 aromatic heterocycles. The Bertz CT molecular complexity index is 836. The molecule has 2 aliphatic heterocycles. The van der Waals surface area contributed by atoms with Gasteiger partial charge >= 0.3 is 29.6 Å². The molecule has 12 heteroatoms. The third-order valence-corrected chi connectivity index (χ3v) is 7.17. The van der Waals surface area contributed by atoms with Crippen molar-refractivity contribution in [3.05, 3.63) is 11.9 Å². The number of fused-ring (bicyclic) bond motifs is 1. The van der Waals surface area contributed by atoms with Crippen molar-refractivity contribution in [2.24, 2.45) is 0 Å². The Labute approximate surface area is 159 Å². The summed E-state index contributed by atoms with van der Waals surface area (Å²) >= 11 is 0. The molecule has 0 spiro atoms. The number of aliphatic carboxylic acids is 1. The minimum Gasteiger partial charge on any atom is -0.548 e. The molecule has 2 saturated heterocycles. The molecular weight excluding hydrogens is 351 g/mol.